The molecule has 3 rings (SSSR count). The molecule has 0 saturated carbocycles. The zero-order valence-corrected chi connectivity index (χ0v) is 11.6. The zero-order chi connectivity index (χ0) is 13.0. The monoisotopic (exact) mass is 245 g/mol. The highest BCUT2D eigenvalue weighted by molar-refractivity contribution is 5.74. The molecule has 1 fully saturated rings. The number of rotatable bonds is 1. The van der Waals surface area contributed by atoms with Gasteiger partial charge in [-0.25, -0.2) is 4.98 Å². The van der Waals surface area contributed by atoms with E-state index in [1.54, 1.807) is 0 Å². The van der Waals surface area contributed by atoms with Gasteiger partial charge in [0.1, 0.15) is 5.82 Å². The van der Waals surface area contributed by atoms with E-state index in [1.807, 2.05) is 19.9 Å². The van der Waals surface area contributed by atoms with Crippen LogP contribution >= 0.6 is 0 Å². The third-order valence-electron chi connectivity index (χ3n) is 3.42. The highest BCUT2D eigenvalue weighted by atomic mass is 15.1. The van der Waals surface area contributed by atoms with Gasteiger partial charge in [0.15, 0.2) is 0 Å². The molecule has 3 heteroatoms. The third-order valence-corrected chi connectivity index (χ3v) is 3.42. The maximum absolute atomic E-state index is 4.69. The number of nitrogens with one attached hydrogen (secondary N) is 1. The van der Waals surface area contributed by atoms with Crippen molar-refractivity contribution >= 4 is 11.0 Å². The Hall–Kier alpha value is -1.35. The highest BCUT2D eigenvalue weighted by Gasteiger charge is 2.21. The second-order valence-electron chi connectivity index (χ2n) is 4.74. The average molecular weight is 245 g/mol. The summed E-state index contributed by atoms with van der Waals surface area (Å²) in [6.45, 7) is 6.34. The molecule has 0 bridgehead atoms. The number of hydrogen-bond acceptors (Lipinski definition) is 2. The first-order valence-corrected chi connectivity index (χ1v) is 6.96. The van der Waals surface area contributed by atoms with E-state index in [-0.39, 0.29) is 0 Å². The van der Waals surface area contributed by atoms with E-state index >= 15 is 0 Å². The quantitative estimate of drug-likeness (QED) is 0.835. The standard InChI is InChI=1S/C13H17N3.C2H6/c1-16-8-4-5-10(9-16)13-14-11-6-2-3-7-12(11)15-13;1-2/h2-3,6-7,10H,4-5,8-9H2,1H3,(H,14,15);1-2H3. The fourth-order valence-electron chi connectivity index (χ4n) is 2.56. The number of benzene rings is 1. The molecule has 1 aromatic heterocycles. The summed E-state index contributed by atoms with van der Waals surface area (Å²) in [7, 11) is 2.19. The SMILES string of the molecule is CC.CN1CCCC(c2nc3ccccc3[nH]2)C1. The lowest BCUT2D eigenvalue weighted by Gasteiger charge is -2.28. The Kier molecular flexibility index (Phi) is 4.37. The summed E-state index contributed by atoms with van der Waals surface area (Å²) in [5, 5.41) is 0. The van der Waals surface area contributed by atoms with E-state index < -0.39 is 0 Å². The number of nitrogens with zero attached hydrogens (tertiary/aromatic N) is 2. The molecule has 1 N–H and O–H groups in total. The molecule has 2 aromatic rings. The molecule has 1 unspecified atom stereocenters. The molecule has 1 aliphatic heterocycles. The van der Waals surface area contributed by atoms with Crippen molar-refractivity contribution in [3.8, 4) is 0 Å². The van der Waals surface area contributed by atoms with Crippen molar-refractivity contribution in [2.24, 2.45) is 0 Å². The normalized spacial score (nSPS) is 20.5. The van der Waals surface area contributed by atoms with Gasteiger partial charge >= 0.3 is 0 Å². The van der Waals surface area contributed by atoms with E-state index in [9.17, 15) is 0 Å². The van der Waals surface area contributed by atoms with Crippen molar-refractivity contribution in [2.75, 3.05) is 20.1 Å². The van der Waals surface area contributed by atoms with Crippen LogP contribution in [0.2, 0.25) is 0 Å². The Bertz CT molecular complexity index is 456. The predicted octanol–water partition coefficient (Wildman–Crippen LogP) is 3.40. The number of H-pyrrole nitrogens is 1. The van der Waals surface area contributed by atoms with Gasteiger partial charge in [-0.1, -0.05) is 26.0 Å². The van der Waals surface area contributed by atoms with E-state index in [0.717, 1.165) is 23.4 Å². The van der Waals surface area contributed by atoms with Crippen molar-refractivity contribution in [1.29, 1.82) is 0 Å². The van der Waals surface area contributed by atoms with Gasteiger partial charge in [-0.2, -0.15) is 0 Å². The van der Waals surface area contributed by atoms with Crippen LogP contribution in [0, 0.1) is 0 Å². The van der Waals surface area contributed by atoms with E-state index in [2.05, 4.69) is 40.1 Å². The molecule has 0 radical (unpaired) electrons. The van der Waals surface area contributed by atoms with Crippen molar-refractivity contribution in [3.63, 3.8) is 0 Å². The first-order chi connectivity index (χ1) is 8.83. The number of imidazole rings is 1. The molecule has 1 saturated heterocycles. The maximum Gasteiger partial charge on any atom is 0.111 e. The minimum absolute atomic E-state index is 0.575. The van der Waals surface area contributed by atoms with Crippen LogP contribution in [0.3, 0.4) is 0 Å². The molecular formula is C15H23N3. The lowest BCUT2D eigenvalue weighted by molar-refractivity contribution is 0.246. The Balaban J connectivity index is 0.000000574. The van der Waals surface area contributed by atoms with Gasteiger partial charge in [0.25, 0.3) is 0 Å². The van der Waals surface area contributed by atoms with E-state index in [4.69, 9.17) is 0 Å². The number of hydrogen-bond donors (Lipinski definition) is 1. The number of piperidine rings is 1. The summed E-state index contributed by atoms with van der Waals surface area (Å²) in [6.07, 6.45) is 2.53. The molecule has 1 aliphatic rings. The third kappa shape index (κ3) is 2.72. The van der Waals surface area contributed by atoms with Crippen LogP contribution in [0.25, 0.3) is 11.0 Å². The first-order valence-electron chi connectivity index (χ1n) is 6.96. The van der Waals surface area contributed by atoms with Gasteiger partial charge in [-0.05, 0) is 38.6 Å². The molecule has 0 aliphatic carbocycles. The number of likely N-dealkylation sites (N-methyl/N-ethyl adjacent to an activating group) is 1. The van der Waals surface area contributed by atoms with Crippen molar-refractivity contribution < 1.29 is 0 Å². The Morgan fingerprint density at radius 1 is 1.28 bits per heavy atom. The molecule has 1 atom stereocenters. The van der Waals surface area contributed by atoms with Crippen LogP contribution in [-0.2, 0) is 0 Å². The van der Waals surface area contributed by atoms with Crippen LogP contribution < -0.4 is 0 Å². The van der Waals surface area contributed by atoms with Crippen LogP contribution in [0.5, 0.6) is 0 Å². The van der Waals surface area contributed by atoms with Crippen LogP contribution in [-0.4, -0.2) is 35.0 Å². The van der Waals surface area contributed by atoms with E-state index in [1.165, 1.54) is 19.4 Å². The topological polar surface area (TPSA) is 31.9 Å². The molecule has 2 heterocycles. The molecule has 1 aromatic carbocycles. The fourth-order valence-corrected chi connectivity index (χ4v) is 2.56. The number of fused-ring (bicyclic) bond motifs is 1. The van der Waals surface area contributed by atoms with Crippen LogP contribution in [0.1, 0.15) is 38.4 Å². The average Bonchev–Trinajstić information content (AvgIpc) is 2.85. The summed E-state index contributed by atoms with van der Waals surface area (Å²) in [6, 6.07) is 8.26. The van der Waals surface area contributed by atoms with Gasteiger partial charge < -0.3 is 9.88 Å². The van der Waals surface area contributed by atoms with Gasteiger partial charge in [-0.15, -0.1) is 0 Å². The summed E-state index contributed by atoms with van der Waals surface area (Å²) >= 11 is 0. The zero-order valence-electron chi connectivity index (χ0n) is 11.6. The minimum Gasteiger partial charge on any atom is -0.342 e. The van der Waals surface area contributed by atoms with Crippen molar-refractivity contribution in [1.82, 2.24) is 14.9 Å². The minimum atomic E-state index is 0.575. The predicted molar refractivity (Wildman–Crippen MR) is 76.9 cm³/mol. The Labute approximate surface area is 109 Å². The molecular weight excluding hydrogens is 222 g/mol. The summed E-state index contributed by atoms with van der Waals surface area (Å²) in [5.74, 6) is 1.74. The summed E-state index contributed by atoms with van der Waals surface area (Å²) in [4.78, 5) is 10.5. The van der Waals surface area contributed by atoms with Crippen LogP contribution in [0.15, 0.2) is 24.3 Å². The van der Waals surface area contributed by atoms with Crippen LogP contribution in [0.4, 0.5) is 0 Å². The lowest BCUT2D eigenvalue weighted by atomic mass is 9.98. The second-order valence-corrected chi connectivity index (χ2v) is 4.74. The van der Waals surface area contributed by atoms with Crippen molar-refractivity contribution in [2.45, 2.75) is 32.6 Å². The lowest BCUT2D eigenvalue weighted by Crippen LogP contribution is -2.31. The Morgan fingerprint density at radius 2 is 2.06 bits per heavy atom. The van der Waals surface area contributed by atoms with Gasteiger partial charge in [0.2, 0.25) is 0 Å². The summed E-state index contributed by atoms with van der Waals surface area (Å²) in [5.41, 5.74) is 2.25. The van der Waals surface area contributed by atoms with Gasteiger partial charge in [-0.3, -0.25) is 0 Å². The smallest absolute Gasteiger partial charge is 0.111 e. The van der Waals surface area contributed by atoms with Crippen molar-refractivity contribution in [3.05, 3.63) is 30.1 Å². The van der Waals surface area contributed by atoms with Gasteiger partial charge in [0, 0.05) is 12.5 Å². The number of aromatic nitrogens is 2. The maximum atomic E-state index is 4.69. The first kappa shape index (κ1) is 13.1. The Morgan fingerprint density at radius 3 is 2.78 bits per heavy atom. The van der Waals surface area contributed by atoms with E-state index in [0.29, 0.717) is 5.92 Å². The number of likely N-dealkylation sites (tertiary alicyclic amines) is 1. The van der Waals surface area contributed by atoms with Gasteiger partial charge in [0.05, 0.1) is 11.0 Å². The molecule has 3 nitrogen and oxygen atoms in total. The largest absolute Gasteiger partial charge is 0.342 e. The number of aromatic amines is 1. The molecule has 98 valence electrons. The highest BCUT2D eigenvalue weighted by Crippen LogP contribution is 2.25. The second kappa shape index (κ2) is 6.01. The number of para-hydroxylation sites is 2. The fraction of sp³-hybridized carbons (Fsp3) is 0.533. The summed E-state index contributed by atoms with van der Waals surface area (Å²) < 4.78 is 0. The molecule has 18 heavy (non-hydrogen) atoms. The molecule has 0 amide bonds. The molecule has 0 spiro atoms.